The zero-order chi connectivity index (χ0) is 25.6. The standard InChI is InChI=1S/C25H30N2O6S2/c1-4-26(34(29,30)23-16-14-20(2)15-17-23)18-21(28)19-27(24-12-8-9-13-25(24)33-3)35(31,32)22-10-6-5-7-11-22/h5-17,21,28H,4,18-19H2,1-3H3/t21-/m0/s1. The van der Waals surface area contributed by atoms with Gasteiger partial charge in [-0.3, -0.25) is 4.31 Å². The summed E-state index contributed by atoms with van der Waals surface area (Å²) in [5.41, 5.74) is 1.16. The topological polar surface area (TPSA) is 104 Å². The van der Waals surface area contributed by atoms with Crippen LogP contribution in [0.5, 0.6) is 5.75 Å². The molecule has 0 heterocycles. The summed E-state index contributed by atoms with van der Waals surface area (Å²) in [6.45, 7) is 2.96. The molecule has 188 valence electrons. The molecule has 35 heavy (non-hydrogen) atoms. The molecule has 0 spiro atoms. The molecule has 0 aliphatic carbocycles. The zero-order valence-electron chi connectivity index (χ0n) is 19.9. The molecule has 10 heteroatoms. The van der Waals surface area contributed by atoms with E-state index >= 15 is 0 Å². The van der Waals surface area contributed by atoms with Crippen molar-refractivity contribution in [3.05, 3.63) is 84.4 Å². The van der Waals surface area contributed by atoms with Crippen molar-refractivity contribution in [3.63, 3.8) is 0 Å². The summed E-state index contributed by atoms with van der Waals surface area (Å²) in [4.78, 5) is 0.147. The first-order valence-corrected chi connectivity index (χ1v) is 13.9. The van der Waals surface area contributed by atoms with Crippen LogP contribution in [-0.4, -0.2) is 59.1 Å². The summed E-state index contributed by atoms with van der Waals surface area (Å²) in [5.74, 6) is 0.304. The van der Waals surface area contributed by atoms with Gasteiger partial charge in [0.1, 0.15) is 5.75 Å². The molecule has 0 unspecified atom stereocenters. The number of sulfonamides is 2. The van der Waals surface area contributed by atoms with Crippen molar-refractivity contribution >= 4 is 25.7 Å². The molecule has 0 amide bonds. The average Bonchev–Trinajstić information content (AvgIpc) is 2.86. The van der Waals surface area contributed by atoms with Crippen LogP contribution in [0.2, 0.25) is 0 Å². The van der Waals surface area contributed by atoms with Gasteiger partial charge in [-0.15, -0.1) is 0 Å². The second-order valence-electron chi connectivity index (χ2n) is 7.94. The van der Waals surface area contributed by atoms with Gasteiger partial charge in [0.15, 0.2) is 0 Å². The van der Waals surface area contributed by atoms with Gasteiger partial charge in [-0.05, 0) is 43.3 Å². The Labute approximate surface area is 207 Å². The molecule has 3 rings (SSSR count). The fourth-order valence-electron chi connectivity index (χ4n) is 3.62. The normalized spacial score (nSPS) is 12.9. The molecule has 8 nitrogen and oxygen atoms in total. The molecule has 0 radical (unpaired) electrons. The van der Waals surface area contributed by atoms with Gasteiger partial charge in [0.25, 0.3) is 10.0 Å². The van der Waals surface area contributed by atoms with E-state index in [1.54, 1.807) is 61.5 Å². The summed E-state index contributed by atoms with van der Waals surface area (Å²) >= 11 is 0. The highest BCUT2D eigenvalue weighted by Gasteiger charge is 2.32. The number of anilines is 1. The van der Waals surface area contributed by atoms with Crippen LogP contribution in [0.3, 0.4) is 0 Å². The van der Waals surface area contributed by atoms with Gasteiger partial charge in [-0.2, -0.15) is 4.31 Å². The van der Waals surface area contributed by atoms with Crippen LogP contribution in [0, 0.1) is 6.92 Å². The average molecular weight is 519 g/mol. The molecule has 3 aromatic carbocycles. The van der Waals surface area contributed by atoms with Gasteiger partial charge in [0.05, 0.1) is 35.2 Å². The summed E-state index contributed by atoms with van der Waals surface area (Å²) < 4.78 is 61.0. The summed E-state index contributed by atoms with van der Waals surface area (Å²) in [7, 11) is -6.55. The SMILES string of the molecule is CCN(C[C@H](O)CN(c1ccccc1OC)S(=O)(=O)c1ccccc1)S(=O)(=O)c1ccc(C)cc1. The Morgan fingerprint density at radius 2 is 1.37 bits per heavy atom. The molecule has 3 aromatic rings. The molecule has 0 aliphatic heterocycles. The van der Waals surface area contributed by atoms with E-state index in [1.807, 2.05) is 6.92 Å². The number of rotatable bonds is 11. The second-order valence-corrected chi connectivity index (χ2v) is 11.7. The molecule has 0 saturated heterocycles. The van der Waals surface area contributed by atoms with Crippen molar-refractivity contribution in [2.24, 2.45) is 0 Å². The van der Waals surface area contributed by atoms with Crippen LogP contribution >= 0.6 is 0 Å². The maximum absolute atomic E-state index is 13.6. The first-order valence-electron chi connectivity index (χ1n) is 11.1. The lowest BCUT2D eigenvalue weighted by Crippen LogP contribution is -2.44. The number of benzene rings is 3. The third-order valence-electron chi connectivity index (χ3n) is 5.49. The van der Waals surface area contributed by atoms with Crippen LogP contribution in [0.25, 0.3) is 0 Å². The predicted octanol–water partition coefficient (Wildman–Crippen LogP) is 3.27. The van der Waals surface area contributed by atoms with E-state index in [4.69, 9.17) is 4.74 Å². The molecule has 0 aromatic heterocycles. The van der Waals surface area contributed by atoms with E-state index in [0.29, 0.717) is 5.75 Å². The minimum atomic E-state index is -4.09. The Hall–Kier alpha value is -2.92. The van der Waals surface area contributed by atoms with E-state index in [1.165, 1.54) is 31.4 Å². The van der Waals surface area contributed by atoms with Gasteiger partial charge in [-0.1, -0.05) is 55.0 Å². The number of aliphatic hydroxyl groups excluding tert-OH is 1. The molecule has 0 bridgehead atoms. The van der Waals surface area contributed by atoms with Crippen molar-refractivity contribution < 1.29 is 26.7 Å². The minimum Gasteiger partial charge on any atom is -0.495 e. The number of methoxy groups -OCH3 is 1. The smallest absolute Gasteiger partial charge is 0.264 e. The first-order chi connectivity index (χ1) is 16.6. The quantitative estimate of drug-likeness (QED) is 0.418. The molecular weight excluding hydrogens is 488 g/mol. The van der Waals surface area contributed by atoms with Crippen LogP contribution in [0.1, 0.15) is 12.5 Å². The number of hydrogen-bond acceptors (Lipinski definition) is 6. The highest BCUT2D eigenvalue weighted by molar-refractivity contribution is 7.92. The fraction of sp³-hybridized carbons (Fsp3) is 0.280. The minimum absolute atomic E-state index is 0.0396. The zero-order valence-corrected chi connectivity index (χ0v) is 21.5. The van der Waals surface area contributed by atoms with Gasteiger partial charge in [0.2, 0.25) is 10.0 Å². The van der Waals surface area contributed by atoms with Crippen molar-refractivity contribution in [1.29, 1.82) is 0 Å². The van der Waals surface area contributed by atoms with Gasteiger partial charge >= 0.3 is 0 Å². The van der Waals surface area contributed by atoms with Crippen LogP contribution in [-0.2, 0) is 20.0 Å². The number of ether oxygens (including phenoxy) is 1. The number of hydrogen-bond donors (Lipinski definition) is 1. The Bertz CT molecular complexity index is 1330. The van der Waals surface area contributed by atoms with E-state index in [2.05, 4.69) is 0 Å². The fourth-order valence-corrected chi connectivity index (χ4v) is 6.64. The first kappa shape index (κ1) is 26.7. The van der Waals surface area contributed by atoms with Crippen LogP contribution in [0.15, 0.2) is 88.7 Å². The third kappa shape index (κ3) is 6.02. The maximum atomic E-state index is 13.6. The van der Waals surface area contributed by atoms with E-state index in [-0.39, 0.29) is 35.1 Å². The molecular formula is C25H30N2O6S2. The summed E-state index contributed by atoms with van der Waals surface area (Å²) in [5, 5.41) is 11.0. The lowest BCUT2D eigenvalue weighted by atomic mass is 10.2. The lowest BCUT2D eigenvalue weighted by molar-refractivity contribution is 0.155. The molecule has 0 fully saturated rings. The second kappa shape index (κ2) is 11.2. The van der Waals surface area contributed by atoms with Gasteiger partial charge in [0, 0.05) is 13.1 Å². The maximum Gasteiger partial charge on any atom is 0.264 e. The van der Waals surface area contributed by atoms with Crippen molar-refractivity contribution in [3.8, 4) is 5.75 Å². The number of nitrogens with zero attached hydrogens (tertiary/aromatic N) is 2. The highest BCUT2D eigenvalue weighted by Crippen LogP contribution is 2.32. The highest BCUT2D eigenvalue weighted by atomic mass is 32.2. The monoisotopic (exact) mass is 518 g/mol. The van der Waals surface area contributed by atoms with Gasteiger partial charge < -0.3 is 9.84 Å². The number of para-hydroxylation sites is 2. The van der Waals surface area contributed by atoms with E-state index < -0.39 is 26.2 Å². The number of likely N-dealkylation sites (N-methyl/N-ethyl adjacent to an activating group) is 1. The number of aryl methyl sites for hydroxylation is 1. The Balaban J connectivity index is 1.94. The van der Waals surface area contributed by atoms with Crippen molar-refractivity contribution in [1.82, 2.24) is 4.31 Å². The molecule has 1 atom stereocenters. The summed E-state index contributed by atoms with van der Waals surface area (Å²) in [6, 6.07) is 20.8. The number of aliphatic hydroxyl groups is 1. The van der Waals surface area contributed by atoms with Crippen molar-refractivity contribution in [2.75, 3.05) is 31.0 Å². The molecule has 1 N–H and O–H groups in total. The van der Waals surface area contributed by atoms with Gasteiger partial charge in [-0.25, -0.2) is 16.8 Å². The Morgan fingerprint density at radius 1 is 0.800 bits per heavy atom. The summed E-state index contributed by atoms with van der Waals surface area (Å²) in [6.07, 6.45) is -1.32. The van der Waals surface area contributed by atoms with E-state index in [9.17, 15) is 21.9 Å². The van der Waals surface area contributed by atoms with Crippen LogP contribution in [0.4, 0.5) is 5.69 Å². The van der Waals surface area contributed by atoms with Crippen LogP contribution < -0.4 is 9.04 Å². The lowest BCUT2D eigenvalue weighted by Gasteiger charge is -2.30. The molecule has 0 saturated carbocycles. The van der Waals surface area contributed by atoms with Crippen molar-refractivity contribution in [2.45, 2.75) is 29.7 Å². The third-order valence-corrected chi connectivity index (χ3v) is 9.24. The Kier molecular flexibility index (Phi) is 8.55. The largest absolute Gasteiger partial charge is 0.495 e. The van der Waals surface area contributed by atoms with E-state index in [0.717, 1.165) is 14.2 Å². The molecule has 0 aliphatic rings. The predicted molar refractivity (Wildman–Crippen MR) is 136 cm³/mol. The Morgan fingerprint density at radius 3 is 1.97 bits per heavy atom.